The zero-order valence-electron chi connectivity index (χ0n) is 16.8. The largest absolute Gasteiger partial charge is 0.484 e. The van der Waals surface area contributed by atoms with Gasteiger partial charge in [-0.25, -0.2) is 0 Å². The number of aryl methyl sites for hydroxylation is 2. The number of carbonyl (C=O) groups is 1. The van der Waals surface area contributed by atoms with E-state index < -0.39 is 0 Å². The Morgan fingerprint density at radius 2 is 1.80 bits per heavy atom. The first-order chi connectivity index (χ1) is 14.5. The summed E-state index contributed by atoms with van der Waals surface area (Å²) in [6, 6.07) is 20.2. The maximum atomic E-state index is 12.8. The van der Waals surface area contributed by atoms with Crippen LogP contribution in [0, 0.1) is 13.8 Å². The highest BCUT2D eigenvalue weighted by atomic mass is 16.5. The number of ether oxygens (including phenoxy) is 1. The van der Waals surface area contributed by atoms with E-state index in [0.717, 1.165) is 22.4 Å². The van der Waals surface area contributed by atoms with E-state index in [9.17, 15) is 9.59 Å². The van der Waals surface area contributed by atoms with E-state index in [1.807, 2.05) is 62.4 Å². The normalized spacial score (nSPS) is 10.7. The van der Waals surface area contributed by atoms with Crippen molar-refractivity contribution in [2.45, 2.75) is 13.8 Å². The predicted octanol–water partition coefficient (Wildman–Crippen LogP) is 5.09. The molecule has 4 rings (SSSR count). The van der Waals surface area contributed by atoms with Crippen LogP contribution in [0.2, 0.25) is 0 Å². The summed E-state index contributed by atoms with van der Waals surface area (Å²) in [4.78, 5) is 25.1. The minimum atomic E-state index is -0.260. The molecule has 0 saturated heterocycles. The number of hydrogen-bond donors (Lipinski definition) is 1. The van der Waals surface area contributed by atoms with Crippen LogP contribution in [0.25, 0.3) is 22.1 Å². The van der Waals surface area contributed by atoms with Gasteiger partial charge in [0, 0.05) is 11.8 Å². The minimum absolute atomic E-state index is 0.110. The first-order valence-corrected chi connectivity index (χ1v) is 9.62. The summed E-state index contributed by atoms with van der Waals surface area (Å²) in [5.74, 6) is 0.193. The minimum Gasteiger partial charge on any atom is -0.484 e. The Bertz CT molecular complexity index is 1280. The molecular formula is C25H21NO4. The molecule has 5 heteroatoms. The average Bonchev–Trinajstić information content (AvgIpc) is 2.76. The number of hydrogen-bond acceptors (Lipinski definition) is 4. The van der Waals surface area contributed by atoms with Gasteiger partial charge in [0.15, 0.2) is 12.0 Å². The van der Waals surface area contributed by atoms with Gasteiger partial charge in [-0.3, -0.25) is 9.59 Å². The SMILES string of the molecule is Cc1ccc(C)c(NC(=O)COc2ccc3c(=O)c(-c4ccccc4)coc3c2)c1. The Labute approximate surface area is 173 Å². The standard InChI is InChI=1S/C25H21NO4/c1-16-8-9-17(2)22(12-16)26-24(27)15-29-19-10-11-20-23(13-19)30-14-21(25(20)28)18-6-4-3-5-7-18/h3-14H,15H2,1-2H3,(H,26,27). The van der Waals surface area contributed by atoms with Gasteiger partial charge in [-0.15, -0.1) is 0 Å². The maximum Gasteiger partial charge on any atom is 0.262 e. The zero-order valence-corrected chi connectivity index (χ0v) is 16.8. The Morgan fingerprint density at radius 1 is 1.00 bits per heavy atom. The Morgan fingerprint density at radius 3 is 2.60 bits per heavy atom. The first kappa shape index (κ1) is 19.5. The summed E-state index contributed by atoms with van der Waals surface area (Å²) < 4.78 is 11.3. The van der Waals surface area contributed by atoms with E-state index in [1.165, 1.54) is 6.26 Å². The molecule has 3 aromatic carbocycles. The van der Waals surface area contributed by atoms with E-state index in [2.05, 4.69) is 5.32 Å². The quantitative estimate of drug-likeness (QED) is 0.507. The number of carbonyl (C=O) groups excluding carboxylic acids is 1. The third-order valence-corrected chi connectivity index (χ3v) is 4.87. The van der Waals surface area contributed by atoms with E-state index in [1.54, 1.807) is 18.2 Å². The molecule has 4 aromatic rings. The topological polar surface area (TPSA) is 68.5 Å². The lowest BCUT2D eigenvalue weighted by Crippen LogP contribution is -2.20. The van der Waals surface area contributed by atoms with Gasteiger partial charge in [-0.2, -0.15) is 0 Å². The van der Waals surface area contributed by atoms with Crippen LogP contribution in [-0.4, -0.2) is 12.5 Å². The van der Waals surface area contributed by atoms with E-state index in [4.69, 9.17) is 9.15 Å². The summed E-state index contributed by atoms with van der Waals surface area (Å²) in [7, 11) is 0. The van der Waals surface area contributed by atoms with Crippen molar-refractivity contribution in [3.05, 3.63) is 94.3 Å². The van der Waals surface area contributed by atoms with E-state index >= 15 is 0 Å². The fourth-order valence-electron chi connectivity index (χ4n) is 3.22. The van der Waals surface area contributed by atoms with Crippen molar-refractivity contribution >= 4 is 22.6 Å². The molecule has 30 heavy (non-hydrogen) atoms. The molecule has 0 aliphatic rings. The fourth-order valence-corrected chi connectivity index (χ4v) is 3.22. The number of amides is 1. The zero-order chi connectivity index (χ0) is 21.1. The van der Waals surface area contributed by atoms with Crippen molar-refractivity contribution in [3.8, 4) is 16.9 Å². The van der Waals surface area contributed by atoms with Gasteiger partial charge < -0.3 is 14.5 Å². The highest BCUT2D eigenvalue weighted by molar-refractivity contribution is 5.92. The lowest BCUT2D eigenvalue weighted by atomic mass is 10.1. The number of rotatable bonds is 5. The summed E-state index contributed by atoms with van der Waals surface area (Å²) in [6.07, 6.45) is 1.46. The number of fused-ring (bicyclic) bond motifs is 1. The molecule has 0 bridgehead atoms. The number of nitrogens with one attached hydrogen (secondary N) is 1. The van der Waals surface area contributed by atoms with Gasteiger partial charge in [-0.1, -0.05) is 42.5 Å². The van der Waals surface area contributed by atoms with Gasteiger partial charge in [0.1, 0.15) is 17.6 Å². The van der Waals surface area contributed by atoms with Gasteiger partial charge in [-0.05, 0) is 48.7 Å². The summed E-state index contributed by atoms with van der Waals surface area (Å²) in [5.41, 5.74) is 4.42. The molecule has 0 unspecified atom stereocenters. The number of anilines is 1. The maximum absolute atomic E-state index is 12.8. The van der Waals surface area contributed by atoms with Crippen molar-refractivity contribution in [2.75, 3.05) is 11.9 Å². The lowest BCUT2D eigenvalue weighted by Gasteiger charge is -2.11. The average molecular weight is 399 g/mol. The second-order valence-electron chi connectivity index (χ2n) is 7.16. The molecule has 0 aliphatic carbocycles. The van der Waals surface area contributed by atoms with Crippen LogP contribution < -0.4 is 15.5 Å². The van der Waals surface area contributed by atoms with E-state index in [0.29, 0.717) is 22.3 Å². The van der Waals surface area contributed by atoms with Crippen LogP contribution in [0.15, 0.2) is 82.2 Å². The van der Waals surface area contributed by atoms with Crippen LogP contribution in [0.3, 0.4) is 0 Å². The van der Waals surface area contributed by atoms with E-state index in [-0.39, 0.29) is 17.9 Å². The molecule has 1 aromatic heterocycles. The Hall–Kier alpha value is -3.86. The summed E-state index contributed by atoms with van der Waals surface area (Å²) in [5, 5.41) is 3.32. The summed E-state index contributed by atoms with van der Waals surface area (Å²) in [6.45, 7) is 3.76. The molecule has 1 amide bonds. The Kier molecular flexibility index (Phi) is 5.35. The molecule has 0 fully saturated rings. The van der Waals surface area contributed by atoms with Crippen LogP contribution in [0.1, 0.15) is 11.1 Å². The third kappa shape index (κ3) is 4.10. The van der Waals surface area contributed by atoms with Crippen molar-refractivity contribution < 1.29 is 13.9 Å². The Balaban J connectivity index is 1.49. The second-order valence-corrected chi connectivity index (χ2v) is 7.16. The second kappa shape index (κ2) is 8.25. The highest BCUT2D eigenvalue weighted by Crippen LogP contribution is 2.23. The fraction of sp³-hybridized carbons (Fsp3) is 0.120. The van der Waals surface area contributed by atoms with Crippen LogP contribution >= 0.6 is 0 Å². The van der Waals surface area contributed by atoms with Crippen LogP contribution in [0.4, 0.5) is 5.69 Å². The molecule has 0 atom stereocenters. The molecule has 0 radical (unpaired) electrons. The van der Waals surface area contributed by atoms with Crippen LogP contribution in [0.5, 0.6) is 5.75 Å². The highest BCUT2D eigenvalue weighted by Gasteiger charge is 2.11. The lowest BCUT2D eigenvalue weighted by molar-refractivity contribution is -0.118. The molecule has 1 heterocycles. The monoisotopic (exact) mass is 399 g/mol. The van der Waals surface area contributed by atoms with Crippen molar-refractivity contribution in [2.24, 2.45) is 0 Å². The predicted molar refractivity (Wildman–Crippen MR) is 118 cm³/mol. The molecule has 0 aliphatic heterocycles. The molecule has 1 N–H and O–H groups in total. The molecule has 150 valence electrons. The van der Waals surface area contributed by atoms with Crippen LogP contribution in [-0.2, 0) is 4.79 Å². The molecule has 0 saturated carbocycles. The smallest absolute Gasteiger partial charge is 0.262 e. The molecular weight excluding hydrogens is 378 g/mol. The van der Waals surface area contributed by atoms with Gasteiger partial charge in [0.2, 0.25) is 0 Å². The van der Waals surface area contributed by atoms with Gasteiger partial charge in [0.25, 0.3) is 5.91 Å². The first-order valence-electron chi connectivity index (χ1n) is 9.62. The van der Waals surface area contributed by atoms with Crippen molar-refractivity contribution in [1.29, 1.82) is 0 Å². The molecule has 5 nitrogen and oxygen atoms in total. The van der Waals surface area contributed by atoms with Gasteiger partial charge in [0.05, 0.1) is 10.9 Å². The molecule has 0 spiro atoms. The van der Waals surface area contributed by atoms with Crippen molar-refractivity contribution in [1.82, 2.24) is 0 Å². The van der Waals surface area contributed by atoms with Gasteiger partial charge >= 0.3 is 0 Å². The third-order valence-electron chi connectivity index (χ3n) is 4.87. The number of benzene rings is 3. The summed E-state index contributed by atoms with van der Waals surface area (Å²) >= 11 is 0. The van der Waals surface area contributed by atoms with Crippen molar-refractivity contribution in [3.63, 3.8) is 0 Å².